The highest BCUT2D eigenvalue weighted by molar-refractivity contribution is 7.14. The van der Waals surface area contributed by atoms with E-state index in [1.165, 1.54) is 5.56 Å². The molecule has 1 N–H and O–H groups in total. The van der Waals surface area contributed by atoms with Crippen LogP contribution in [-0.4, -0.2) is 9.97 Å². The molecule has 0 radical (unpaired) electrons. The number of aromatic nitrogens is 2. The zero-order valence-electron chi connectivity index (χ0n) is 12.4. The van der Waals surface area contributed by atoms with Crippen molar-refractivity contribution in [2.75, 3.05) is 5.32 Å². The smallest absolute Gasteiger partial charge is 0.187 e. The van der Waals surface area contributed by atoms with Gasteiger partial charge in [0, 0.05) is 22.8 Å². The van der Waals surface area contributed by atoms with E-state index >= 15 is 0 Å². The van der Waals surface area contributed by atoms with Crippen LogP contribution in [0.2, 0.25) is 0 Å². The van der Waals surface area contributed by atoms with Gasteiger partial charge in [-0.2, -0.15) is 0 Å². The number of rotatable bonds is 3. The molecule has 0 fully saturated rings. The minimum absolute atomic E-state index is 0.765. The number of hydrogen-bond acceptors (Lipinski definition) is 4. The van der Waals surface area contributed by atoms with E-state index in [9.17, 15) is 0 Å². The minimum atomic E-state index is 0.765. The number of anilines is 2. The summed E-state index contributed by atoms with van der Waals surface area (Å²) in [5, 5.41) is 6.25. The van der Waals surface area contributed by atoms with E-state index in [1.54, 1.807) is 24.5 Å². The van der Waals surface area contributed by atoms with E-state index in [2.05, 4.69) is 46.2 Å². The first-order valence-electron chi connectivity index (χ1n) is 6.93. The van der Waals surface area contributed by atoms with E-state index in [-0.39, 0.29) is 0 Å². The summed E-state index contributed by atoms with van der Waals surface area (Å²) in [6, 6.07) is 12.2. The molecular weight excluding hydrogens is 290 g/mol. The minimum Gasteiger partial charge on any atom is -0.332 e. The number of nitrogens with one attached hydrogen (secondary N) is 1. The quantitative estimate of drug-likeness (QED) is 0.717. The number of aryl methyl sites for hydroxylation is 1. The van der Waals surface area contributed by atoms with Crippen LogP contribution >= 0.6 is 11.3 Å². The zero-order valence-corrected chi connectivity index (χ0v) is 13.2. The molecule has 0 saturated carbocycles. The largest absolute Gasteiger partial charge is 0.332 e. The average molecular weight is 305 g/mol. The standard InChI is InChI=1S/C18H15N3S/c1-3-5-15-11-14(8-9-19-15)17-12-22-18(21-17)20-16-7-4-6-13(2)10-16/h4,6-12H,1-2H3,(H,20,21). The van der Waals surface area contributed by atoms with Gasteiger partial charge in [-0.15, -0.1) is 11.3 Å². The molecule has 4 heteroatoms. The van der Waals surface area contributed by atoms with Gasteiger partial charge in [0.15, 0.2) is 5.13 Å². The molecule has 3 nitrogen and oxygen atoms in total. The molecule has 22 heavy (non-hydrogen) atoms. The summed E-state index contributed by atoms with van der Waals surface area (Å²) < 4.78 is 0. The molecule has 0 saturated heterocycles. The van der Waals surface area contributed by atoms with Crippen molar-refractivity contribution in [2.24, 2.45) is 0 Å². The summed E-state index contributed by atoms with van der Waals surface area (Å²) in [7, 11) is 0. The Morgan fingerprint density at radius 3 is 2.91 bits per heavy atom. The molecule has 0 aliphatic carbocycles. The third kappa shape index (κ3) is 3.33. The van der Waals surface area contributed by atoms with Crippen LogP contribution in [0.15, 0.2) is 48.0 Å². The Morgan fingerprint density at radius 2 is 2.09 bits per heavy atom. The summed E-state index contributed by atoms with van der Waals surface area (Å²) in [5.74, 6) is 5.83. The zero-order chi connectivity index (χ0) is 15.4. The maximum atomic E-state index is 4.64. The third-order valence-corrected chi connectivity index (χ3v) is 3.84. The summed E-state index contributed by atoms with van der Waals surface area (Å²) in [6.07, 6.45) is 1.77. The van der Waals surface area contributed by atoms with Crippen molar-refractivity contribution in [1.29, 1.82) is 0 Å². The fraction of sp³-hybridized carbons (Fsp3) is 0.111. The van der Waals surface area contributed by atoms with Crippen molar-refractivity contribution in [1.82, 2.24) is 9.97 Å². The molecule has 0 bridgehead atoms. The van der Waals surface area contributed by atoms with E-state index < -0.39 is 0 Å². The average Bonchev–Trinajstić information content (AvgIpc) is 2.96. The number of thiazole rings is 1. The molecule has 0 atom stereocenters. The lowest BCUT2D eigenvalue weighted by Gasteiger charge is -2.03. The lowest BCUT2D eigenvalue weighted by molar-refractivity contribution is 1.27. The highest BCUT2D eigenvalue weighted by Gasteiger charge is 2.06. The van der Waals surface area contributed by atoms with E-state index in [1.807, 2.05) is 29.6 Å². The molecule has 3 aromatic rings. The van der Waals surface area contributed by atoms with Crippen LogP contribution in [0.5, 0.6) is 0 Å². The molecule has 108 valence electrons. The molecule has 0 aliphatic heterocycles. The SMILES string of the molecule is CC#Cc1cc(-c2csc(Nc3cccc(C)c3)n2)ccn1. The van der Waals surface area contributed by atoms with Gasteiger partial charge >= 0.3 is 0 Å². The second-order valence-corrected chi connectivity index (χ2v) is 5.70. The Hall–Kier alpha value is -2.64. The van der Waals surface area contributed by atoms with Crippen molar-refractivity contribution in [3.63, 3.8) is 0 Å². The van der Waals surface area contributed by atoms with Crippen LogP contribution in [0, 0.1) is 18.8 Å². The highest BCUT2D eigenvalue weighted by atomic mass is 32.1. The summed E-state index contributed by atoms with van der Waals surface area (Å²) in [5.41, 5.74) is 5.00. The van der Waals surface area contributed by atoms with Gasteiger partial charge in [-0.05, 0) is 49.6 Å². The maximum absolute atomic E-state index is 4.64. The Kier molecular flexibility index (Phi) is 4.17. The predicted octanol–water partition coefficient (Wildman–Crippen LogP) is 4.63. The van der Waals surface area contributed by atoms with E-state index in [0.717, 1.165) is 27.8 Å². The van der Waals surface area contributed by atoms with Gasteiger partial charge in [-0.25, -0.2) is 9.97 Å². The van der Waals surface area contributed by atoms with Gasteiger partial charge in [-0.3, -0.25) is 0 Å². The lowest BCUT2D eigenvalue weighted by atomic mass is 10.2. The van der Waals surface area contributed by atoms with Gasteiger partial charge in [0.05, 0.1) is 5.69 Å². The number of pyridine rings is 1. The molecule has 2 heterocycles. The first kappa shape index (κ1) is 14.3. The Morgan fingerprint density at radius 1 is 1.18 bits per heavy atom. The molecule has 0 unspecified atom stereocenters. The summed E-state index contributed by atoms with van der Waals surface area (Å²) >= 11 is 1.59. The highest BCUT2D eigenvalue weighted by Crippen LogP contribution is 2.27. The van der Waals surface area contributed by atoms with Gasteiger partial charge in [0.25, 0.3) is 0 Å². The number of hydrogen-bond donors (Lipinski definition) is 1. The van der Waals surface area contributed by atoms with E-state index in [4.69, 9.17) is 0 Å². The topological polar surface area (TPSA) is 37.8 Å². The molecule has 3 rings (SSSR count). The fourth-order valence-electron chi connectivity index (χ4n) is 2.10. The first-order valence-corrected chi connectivity index (χ1v) is 7.81. The van der Waals surface area contributed by atoms with Crippen molar-refractivity contribution in [3.8, 4) is 23.1 Å². The van der Waals surface area contributed by atoms with E-state index in [0.29, 0.717) is 0 Å². The molecule has 1 aromatic carbocycles. The van der Waals surface area contributed by atoms with Gasteiger partial charge in [0.2, 0.25) is 0 Å². The van der Waals surface area contributed by atoms with Gasteiger partial charge in [0.1, 0.15) is 5.69 Å². The molecule has 0 amide bonds. The normalized spacial score (nSPS) is 9.91. The second-order valence-electron chi connectivity index (χ2n) is 4.84. The monoisotopic (exact) mass is 305 g/mol. The molecular formula is C18H15N3S. The van der Waals surface area contributed by atoms with Gasteiger partial charge < -0.3 is 5.32 Å². The lowest BCUT2D eigenvalue weighted by Crippen LogP contribution is -1.90. The van der Waals surface area contributed by atoms with Crippen LogP contribution < -0.4 is 5.32 Å². The predicted molar refractivity (Wildman–Crippen MR) is 92.4 cm³/mol. The van der Waals surface area contributed by atoms with Crippen LogP contribution in [0.4, 0.5) is 10.8 Å². The van der Waals surface area contributed by atoms with Crippen molar-refractivity contribution < 1.29 is 0 Å². The second kappa shape index (κ2) is 6.42. The van der Waals surface area contributed by atoms with Crippen LogP contribution in [0.1, 0.15) is 18.2 Å². The Balaban J connectivity index is 1.84. The number of benzene rings is 1. The first-order chi connectivity index (χ1) is 10.7. The molecule has 2 aromatic heterocycles. The Bertz CT molecular complexity index is 856. The van der Waals surface area contributed by atoms with Crippen LogP contribution in [0.3, 0.4) is 0 Å². The van der Waals surface area contributed by atoms with Crippen molar-refractivity contribution in [2.45, 2.75) is 13.8 Å². The summed E-state index contributed by atoms with van der Waals surface area (Å²) in [4.78, 5) is 8.86. The van der Waals surface area contributed by atoms with Crippen LogP contribution in [-0.2, 0) is 0 Å². The molecule has 0 spiro atoms. The maximum Gasteiger partial charge on any atom is 0.187 e. The van der Waals surface area contributed by atoms with Gasteiger partial charge in [-0.1, -0.05) is 18.1 Å². The van der Waals surface area contributed by atoms with Crippen LogP contribution in [0.25, 0.3) is 11.3 Å². The summed E-state index contributed by atoms with van der Waals surface area (Å²) in [6.45, 7) is 3.88. The third-order valence-electron chi connectivity index (χ3n) is 3.08. The molecule has 0 aliphatic rings. The van der Waals surface area contributed by atoms with Crippen molar-refractivity contribution in [3.05, 3.63) is 59.2 Å². The fourth-order valence-corrected chi connectivity index (χ4v) is 2.84. The Labute approximate surface area is 134 Å². The van der Waals surface area contributed by atoms with Crippen molar-refractivity contribution >= 4 is 22.2 Å². The number of nitrogens with zero attached hydrogens (tertiary/aromatic N) is 2.